The fraction of sp³-hybridized carbons (Fsp3) is 0.500. The molecule has 0 saturated carbocycles. The second-order valence-corrected chi connectivity index (χ2v) is 7.20. The second-order valence-electron chi connectivity index (χ2n) is 3.78. The van der Waals surface area contributed by atoms with E-state index in [1.54, 1.807) is 11.3 Å². The van der Waals surface area contributed by atoms with Crippen LogP contribution >= 0.6 is 45.5 Å². The van der Waals surface area contributed by atoms with E-state index in [0.717, 1.165) is 14.9 Å². The highest BCUT2D eigenvalue weighted by atomic mass is 127. The summed E-state index contributed by atoms with van der Waals surface area (Å²) in [7, 11) is 0. The van der Waals surface area contributed by atoms with E-state index < -0.39 is 0 Å². The number of alkyl halides is 1. The molecule has 2 rings (SSSR count). The number of amides is 1. The molecule has 1 aliphatic heterocycles. The van der Waals surface area contributed by atoms with E-state index in [9.17, 15) is 4.79 Å². The van der Waals surface area contributed by atoms with Crippen LogP contribution in [0.3, 0.4) is 0 Å². The Morgan fingerprint density at radius 3 is 2.93 bits per heavy atom. The van der Waals surface area contributed by atoms with Crippen LogP contribution in [0, 0.1) is 2.88 Å². The van der Waals surface area contributed by atoms with Crippen molar-refractivity contribution in [2.75, 3.05) is 6.54 Å². The fourth-order valence-corrected chi connectivity index (χ4v) is 3.56. The first-order valence-corrected chi connectivity index (χ1v) is 7.16. The van der Waals surface area contributed by atoms with Gasteiger partial charge in [0.1, 0.15) is 0 Å². The van der Waals surface area contributed by atoms with Crippen LogP contribution in [0.4, 0.5) is 0 Å². The first kappa shape index (κ1) is 11.7. The molecule has 2 atom stereocenters. The van der Waals surface area contributed by atoms with Crippen LogP contribution in [-0.2, 0) is 0 Å². The minimum atomic E-state index is 0.113. The van der Waals surface area contributed by atoms with Gasteiger partial charge in [-0.2, -0.15) is 0 Å². The van der Waals surface area contributed by atoms with Gasteiger partial charge in [0.05, 0.1) is 13.8 Å². The van der Waals surface area contributed by atoms with Gasteiger partial charge < -0.3 is 4.90 Å². The lowest BCUT2D eigenvalue weighted by atomic mass is 10.2. The number of hydrogen-bond donors (Lipinski definition) is 0. The summed E-state index contributed by atoms with van der Waals surface area (Å²) in [5.41, 5.74) is 0.794. The zero-order valence-corrected chi connectivity index (χ0v) is 12.0. The molecule has 1 aromatic heterocycles. The van der Waals surface area contributed by atoms with Crippen molar-refractivity contribution in [2.45, 2.75) is 24.8 Å². The maximum atomic E-state index is 12.1. The topological polar surface area (TPSA) is 20.3 Å². The molecule has 0 aliphatic carbocycles. The van der Waals surface area contributed by atoms with E-state index in [-0.39, 0.29) is 17.3 Å². The SMILES string of the molecule is CC1CC(Cl)CN1C(=O)c1csc(I)c1. The number of thiophene rings is 1. The van der Waals surface area contributed by atoms with Crippen molar-refractivity contribution in [3.05, 3.63) is 19.9 Å². The van der Waals surface area contributed by atoms with Crippen molar-refractivity contribution in [1.29, 1.82) is 0 Å². The second kappa shape index (κ2) is 4.59. The maximum absolute atomic E-state index is 12.1. The third-order valence-corrected chi connectivity index (χ3v) is 4.70. The molecular formula is C10H11ClINOS. The van der Waals surface area contributed by atoms with Gasteiger partial charge in [0, 0.05) is 18.0 Å². The van der Waals surface area contributed by atoms with Crippen molar-refractivity contribution in [1.82, 2.24) is 4.90 Å². The number of nitrogens with zero attached hydrogens (tertiary/aromatic N) is 1. The average Bonchev–Trinajstić information content (AvgIpc) is 2.71. The summed E-state index contributed by atoms with van der Waals surface area (Å²) in [6, 6.07) is 2.19. The third kappa shape index (κ3) is 2.47. The molecule has 0 radical (unpaired) electrons. The highest BCUT2D eigenvalue weighted by Crippen LogP contribution is 2.25. The van der Waals surface area contributed by atoms with E-state index >= 15 is 0 Å². The molecule has 1 aromatic rings. The van der Waals surface area contributed by atoms with Crippen molar-refractivity contribution < 1.29 is 4.79 Å². The van der Waals surface area contributed by atoms with Gasteiger partial charge in [0.2, 0.25) is 0 Å². The van der Waals surface area contributed by atoms with Crippen molar-refractivity contribution in [3.63, 3.8) is 0 Å². The summed E-state index contributed by atoms with van der Waals surface area (Å²) in [4.78, 5) is 14.0. The third-order valence-electron chi connectivity index (χ3n) is 2.60. The molecule has 0 bridgehead atoms. The minimum absolute atomic E-state index is 0.113. The van der Waals surface area contributed by atoms with Crippen LogP contribution in [-0.4, -0.2) is 28.8 Å². The minimum Gasteiger partial charge on any atom is -0.334 e. The monoisotopic (exact) mass is 355 g/mol. The summed E-state index contributed by atoms with van der Waals surface area (Å²) in [6.07, 6.45) is 0.897. The van der Waals surface area contributed by atoms with E-state index in [0.29, 0.717) is 6.54 Å². The van der Waals surface area contributed by atoms with E-state index in [2.05, 4.69) is 29.5 Å². The predicted molar refractivity (Wildman–Crippen MR) is 71.8 cm³/mol. The molecule has 2 heterocycles. The van der Waals surface area contributed by atoms with Crippen LogP contribution in [0.25, 0.3) is 0 Å². The van der Waals surface area contributed by atoms with E-state index in [4.69, 9.17) is 11.6 Å². The summed E-state index contributed by atoms with van der Waals surface area (Å²) < 4.78 is 1.14. The highest BCUT2D eigenvalue weighted by Gasteiger charge is 2.31. The molecule has 82 valence electrons. The molecule has 0 aromatic carbocycles. The zero-order chi connectivity index (χ0) is 11.0. The van der Waals surface area contributed by atoms with E-state index in [1.165, 1.54) is 0 Å². The lowest BCUT2D eigenvalue weighted by Crippen LogP contribution is -2.33. The van der Waals surface area contributed by atoms with Crippen LogP contribution in [0.15, 0.2) is 11.4 Å². The Morgan fingerprint density at radius 1 is 1.73 bits per heavy atom. The average molecular weight is 356 g/mol. The van der Waals surface area contributed by atoms with Gasteiger partial charge in [-0.3, -0.25) is 4.79 Å². The molecule has 15 heavy (non-hydrogen) atoms. The van der Waals surface area contributed by atoms with Gasteiger partial charge in [-0.15, -0.1) is 22.9 Å². The first-order chi connectivity index (χ1) is 7.08. The van der Waals surface area contributed by atoms with E-state index in [1.807, 2.05) is 16.3 Å². The summed E-state index contributed by atoms with van der Waals surface area (Å²) in [5.74, 6) is 0.116. The van der Waals surface area contributed by atoms with Crippen molar-refractivity contribution in [2.24, 2.45) is 0 Å². The molecule has 1 aliphatic rings. The number of likely N-dealkylation sites (tertiary alicyclic amines) is 1. The number of halogens is 2. The zero-order valence-electron chi connectivity index (χ0n) is 8.24. The van der Waals surface area contributed by atoms with Crippen LogP contribution < -0.4 is 0 Å². The standard InChI is InChI=1S/C10H11ClINOS/c1-6-2-8(11)4-13(6)10(14)7-3-9(12)15-5-7/h3,5-6,8H,2,4H2,1H3. The Labute approximate surface area is 112 Å². The van der Waals surface area contributed by atoms with Gasteiger partial charge in [0.25, 0.3) is 5.91 Å². The van der Waals surface area contributed by atoms with Gasteiger partial charge in [0.15, 0.2) is 0 Å². The molecule has 0 spiro atoms. The highest BCUT2D eigenvalue weighted by molar-refractivity contribution is 14.1. The van der Waals surface area contributed by atoms with Crippen LogP contribution in [0.5, 0.6) is 0 Å². The Kier molecular flexibility index (Phi) is 3.57. The Balaban J connectivity index is 2.15. The first-order valence-electron chi connectivity index (χ1n) is 4.77. The van der Waals surface area contributed by atoms with Gasteiger partial charge >= 0.3 is 0 Å². The van der Waals surface area contributed by atoms with Gasteiger partial charge in [-0.25, -0.2) is 0 Å². The van der Waals surface area contributed by atoms with Gasteiger partial charge in [-0.1, -0.05) is 0 Å². The van der Waals surface area contributed by atoms with Crippen molar-refractivity contribution >= 4 is 51.4 Å². The lowest BCUT2D eigenvalue weighted by molar-refractivity contribution is 0.0748. The van der Waals surface area contributed by atoms with Crippen LogP contribution in [0.1, 0.15) is 23.7 Å². The van der Waals surface area contributed by atoms with Crippen molar-refractivity contribution in [3.8, 4) is 0 Å². The normalized spacial score (nSPS) is 25.9. The summed E-state index contributed by atoms with van der Waals surface area (Å²) >= 11 is 9.87. The quantitative estimate of drug-likeness (QED) is 0.560. The molecule has 1 amide bonds. The van der Waals surface area contributed by atoms with Gasteiger partial charge in [-0.05, 0) is 42.0 Å². The summed E-state index contributed by atoms with van der Waals surface area (Å²) in [5, 5.41) is 2.03. The molecule has 2 unspecified atom stereocenters. The molecule has 1 fully saturated rings. The molecule has 1 saturated heterocycles. The molecule has 2 nitrogen and oxygen atoms in total. The lowest BCUT2D eigenvalue weighted by Gasteiger charge is -2.20. The predicted octanol–water partition coefficient (Wildman–Crippen LogP) is 3.19. The maximum Gasteiger partial charge on any atom is 0.255 e. The Hall–Kier alpha value is 0.190. The molecule has 0 N–H and O–H groups in total. The number of rotatable bonds is 1. The summed E-state index contributed by atoms with van der Waals surface area (Å²) in [6.45, 7) is 2.73. The Bertz CT molecular complexity index is 381. The number of carbonyl (C=O) groups excluding carboxylic acids is 1. The number of hydrogen-bond acceptors (Lipinski definition) is 2. The number of carbonyl (C=O) groups is 1. The van der Waals surface area contributed by atoms with Crippen LogP contribution in [0.2, 0.25) is 0 Å². The Morgan fingerprint density at radius 2 is 2.47 bits per heavy atom. The smallest absolute Gasteiger partial charge is 0.255 e. The fourth-order valence-electron chi connectivity index (χ4n) is 1.84. The largest absolute Gasteiger partial charge is 0.334 e. The molecular weight excluding hydrogens is 345 g/mol. The molecule has 5 heteroatoms.